The fraction of sp³-hybridized carbons (Fsp3) is 0.235. The molecule has 2 aromatic rings. The van der Waals surface area contributed by atoms with E-state index in [9.17, 15) is 18.0 Å². The van der Waals surface area contributed by atoms with Crippen molar-refractivity contribution >= 4 is 5.78 Å². The quantitative estimate of drug-likeness (QED) is 0.828. The molecule has 0 amide bonds. The fourth-order valence-corrected chi connectivity index (χ4v) is 2.83. The van der Waals surface area contributed by atoms with Crippen molar-refractivity contribution in [3.63, 3.8) is 0 Å². The summed E-state index contributed by atoms with van der Waals surface area (Å²) in [4.78, 5) is 12.0. The fourth-order valence-electron chi connectivity index (χ4n) is 2.83. The van der Waals surface area contributed by atoms with Gasteiger partial charge in [0.15, 0.2) is 5.78 Å². The number of ketones is 1. The molecule has 0 bridgehead atoms. The molecule has 1 aliphatic carbocycles. The number of hydrogen-bond donors (Lipinski definition) is 0. The molecule has 0 spiro atoms. The van der Waals surface area contributed by atoms with E-state index in [0.717, 1.165) is 5.56 Å². The number of methoxy groups -OCH3 is 1. The molecular formula is C17H13F3O2. The third kappa shape index (κ3) is 2.36. The maximum Gasteiger partial charge on any atom is 0.399 e. The number of ether oxygens (including phenoxy) is 1. The van der Waals surface area contributed by atoms with Crippen LogP contribution in [0.15, 0.2) is 42.5 Å². The number of hydrogen-bond acceptors (Lipinski definition) is 2. The molecule has 1 atom stereocenters. The van der Waals surface area contributed by atoms with E-state index in [1.54, 1.807) is 43.5 Å². The Morgan fingerprint density at radius 3 is 2.27 bits per heavy atom. The van der Waals surface area contributed by atoms with Crippen LogP contribution in [0.5, 0.6) is 5.75 Å². The number of carbonyl (C=O) groups is 1. The SMILES string of the molecule is COc1ccc(-c2cccc3c2CC(C(F)(F)F)C3=O)cc1. The van der Waals surface area contributed by atoms with Gasteiger partial charge in [0, 0.05) is 5.56 Å². The molecule has 0 aliphatic heterocycles. The second kappa shape index (κ2) is 5.16. The summed E-state index contributed by atoms with van der Waals surface area (Å²) in [5.41, 5.74) is 2.09. The highest BCUT2D eigenvalue weighted by Gasteiger charge is 2.49. The van der Waals surface area contributed by atoms with Gasteiger partial charge in [0.05, 0.1) is 7.11 Å². The molecule has 0 aromatic heterocycles. The zero-order chi connectivity index (χ0) is 15.9. The Morgan fingerprint density at radius 1 is 1.05 bits per heavy atom. The summed E-state index contributed by atoms with van der Waals surface area (Å²) < 4.78 is 44.0. The highest BCUT2D eigenvalue weighted by atomic mass is 19.4. The van der Waals surface area contributed by atoms with Crippen LogP contribution in [0.1, 0.15) is 15.9 Å². The molecule has 0 radical (unpaired) electrons. The summed E-state index contributed by atoms with van der Waals surface area (Å²) in [5.74, 6) is -2.10. The molecule has 0 heterocycles. The predicted octanol–water partition coefficient (Wildman–Crippen LogP) is 4.28. The van der Waals surface area contributed by atoms with Gasteiger partial charge >= 0.3 is 6.18 Å². The molecule has 1 unspecified atom stereocenters. The van der Waals surface area contributed by atoms with Crippen molar-refractivity contribution in [3.8, 4) is 16.9 Å². The van der Waals surface area contributed by atoms with Gasteiger partial charge in [-0.2, -0.15) is 13.2 Å². The van der Waals surface area contributed by atoms with Crippen LogP contribution in [0.4, 0.5) is 13.2 Å². The van der Waals surface area contributed by atoms with E-state index in [2.05, 4.69) is 0 Å². The van der Waals surface area contributed by atoms with E-state index < -0.39 is 17.9 Å². The molecule has 3 rings (SSSR count). The second-order valence-corrected chi connectivity index (χ2v) is 5.22. The van der Waals surface area contributed by atoms with Gasteiger partial charge in [-0.25, -0.2) is 0 Å². The average molecular weight is 306 g/mol. The van der Waals surface area contributed by atoms with E-state index in [1.807, 2.05) is 0 Å². The Morgan fingerprint density at radius 2 is 1.68 bits per heavy atom. The van der Waals surface area contributed by atoms with Crippen LogP contribution >= 0.6 is 0 Å². The van der Waals surface area contributed by atoms with Crippen molar-refractivity contribution in [1.29, 1.82) is 0 Å². The highest BCUT2D eigenvalue weighted by molar-refractivity contribution is 6.04. The third-order valence-corrected chi connectivity index (χ3v) is 3.96. The van der Waals surface area contributed by atoms with Gasteiger partial charge in [-0.05, 0) is 35.2 Å². The van der Waals surface area contributed by atoms with Crippen LogP contribution in [0, 0.1) is 5.92 Å². The Balaban J connectivity index is 2.05. The lowest BCUT2D eigenvalue weighted by atomic mass is 9.96. The maximum atomic E-state index is 13.0. The van der Waals surface area contributed by atoms with Gasteiger partial charge in [0.1, 0.15) is 11.7 Å². The third-order valence-electron chi connectivity index (χ3n) is 3.96. The molecule has 114 valence electrons. The molecule has 2 nitrogen and oxygen atoms in total. The molecule has 0 fully saturated rings. The Labute approximate surface area is 125 Å². The van der Waals surface area contributed by atoms with Crippen molar-refractivity contribution < 1.29 is 22.7 Å². The van der Waals surface area contributed by atoms with Crippen LogP contribution in [-0.4, -0.2) is 19.1 Å². The smallest absolute Gasteiger partial charge is 0.399 e. The minimum Gasteiger partial charge on any atom is -0.497 e. The standard InChI is InChI=1S/C17H13F3O2/c1-22-11-7-5-10(6-8-11)12-3-2-4-13-14(12)9-15(16(13)21)17(18,19)20/h2-8,15H,9H2,1H3. The Bertz CT molecular complexity index is 718. The number of alkyl halides is 3. The predicted molar refractivity (Wildman–Crippen MR) is 76.0 cm³/mol. The second-order valence-electron chi connectivity index (χ2n) is 5.22. The average Bonchev–Trinajstić information content (AvgIpc) is 2.85. The van der Waals surface area contributed by atoms with Crippen LogP contribution in [0.2, 0.25) is 0 Å². The monoisotopic (exact) mass is 306 g/mol. The summed E-state index contributed by atoms with van der Waals surface area (Å²) >= 11 is 0. The molecule has 1 aliphatic rings. The first-order valence-corrected chi connectivity index (χ1v) is 6.79. The summed E-state index contributed by atoms with van der Waals surface area (Å²) in [7, 11) is 1.54. The zero-order valence-electron chi connectivity index (χ0n) is 11.8. The molecule has 22 heavy (non-hydrogen) atoms. The van der Waals surface area contributed by atoms with Crippen LogP contribution in [0.25, 0.3) is 11.1 Å². The highest BCUT2D eigenvalue weighted by Crippen LogP contribution is 2.41. The lowest BCUT2D eigenvalue weighted by Crippen LogP contribution is -2.27. The Hall–Kier alpha value is -2.30. The van der Waals surface area contributed by atoms with Gasteiger partial charge in [0.25, 0.3) is 0 Å². The van der Waals surface area contributed by atoms with E-state index in [-0.39, 0.29) is 12.0 Å². The topological polar surface area (TPSA) is 26.3 Å². The van der Waals surface area contributed by atoms with Crippen molar-refractivity contribution in [2.75, 3.05) is 7.11 Å². The van der Waals surface area contributed by atoms with Gasteiger partial charge < -0.3 is 4.74 Å². The Kier molecular flexibility index (Phi) is 3.43. The largest absolute Gasteiger partial charge is 0.497 e. The number of fused-ring (bicyclic) bond motifs is 1. The van der Waals surface area contributed by atoms with Gasteiger partial charge in [-0.15, -0.1) is 0 Å². The van der Waals surface area contributed by atoms with Gasteiger partial charge in [-0.1, -0.05) is 30.3 Å². The van der Waals surface area contributed by atoms with Gasteiger partial charge in [-0.3, -0.25) is 4.79 Å². The first-order valence-electron chi connectivity index (χ1n) is 6.79. The summed E-state index contributed by atoms with van der Waals surface area (Å²) in [6, 6.07) is 11.9. The van der Waals surface area contributed by atoms with Crippen molar-refractivity contribution in [3.05, 3.63) is 53.6 Å². The van der Waals surface area contributed by atoms with Crippen LogP contribution in [0.3, 0.4) is 0 Å². The molecule has 0 saturated heterocycles. The number of halogens is 3. The first kappa shape index (κ1) is 14.6. The first-order chi connectivity index (χ1) is 10.4. The van der Waals surface area contributed by atoms with Crippen molar-refractivity contribution in [2.24, 2.45) is 5.92 Å². The molecule has 5 heteroatoms. The van der Waals surface area contributed by atoms with Crippen LogP contribution in [-0.2, 0) is 6.42 Å². The number of rotatable bonds is 2. The normalized spacial score (nSPS) is 17.5. The maximum absolute atomic E-state index is 13.0. The summed E-state index contributed by atoms with van der Waals surface area (Å²) in [6.07, 6.45) is -4.80. The lowest BCUT2D eigenvalue weighted by molar-refractivity contribution is -0.158. The lowest BCUT2D eigenvalue weighted by Gasteiger charge is -2.12. The minimum absolute atomic E-state index is 0.177. The van der Waals surface area contributed by atoms with E-state index in [1.165, 1.54) is 6.07 Å². The van der Waals surface area contributed by atoms with Gasteiger partial charge in [0.2, 0.25) is 0 Å². The molecular weight excluding hydrogens is 293 g/mol. The number of Topliss-reactive ketones (excluding diaryl/α,β-unsaturated/α-hetero) is 1. The number of carbonyl (C=O) groups excluding carboxylic acids is 1. The zero-order valence-corrected chi connectivity index (χ0v) is 11.8. The number of benzene rings is 2. The molecule has 0 saturated carbocycles. The van der Waals surface area contributed by atoms with Crippen molar-refractivity contribution in [1.82, 2.24) is 0 Å². The summed E-state index contributed by atoms with van der Waals surface area (Å²) in [5, 5.41) is 0. The molecule has 0 N–H and O–H groups in total. The van der Waals surface area contributed by atoms with E-state index in [0.29, 0.717) is 16.9 Å². The minimum atomic E-state index is -4.51. The van der Waals surface area contributed by atoms with Crippen LogP contribution < -0.4 is 4.74 Å². The van der Waals surface area contributed by atoms with Crippen molar-refractivity contribution in [2.45, 2.75) is 12.6 Å². The summed E-state index contributed by atoms with van der Waals surface area (Å²) in [6.45, 7) is 0. The van der Waals surface area contributed by atoms with E-state index >= 15 is 0 Å². The van der Waals surface area contributed by atoms with E-state index in [4.69, 9.17) is 4.74 Å². The molecule has 2 aromatic carbocycles.